The van der Waals surface area contributed by atoms with Crippen molar-refractivity contribution in [1.29, 1.82) is 0 Å². The number of amides is 1. The van der Waals surface area contributed by atoms with Crippen LogP contribution in [0.5, 0.6) is 0 Å². The summed E-state index contributed by atoms with van der Waals surface area (Å²) in [4.78, 5) is 17.3. The topological polar surface area (TPSA) is 42.0 Å². The van der Waals surface area contributed by atoms with Gasteiger partial charge < -0.3 is 5.32 Å². The van der Waals surface area contributed by atoms with Crippen molar-refractivity contribution in [3.63, 3.8) is 0 Å². The molecular formula is C24H22ClF3N2OS. The molecule has 0 saturated heterocycles. The van der Waals surface area contributed by atoms with Crippen LogP contribution in [0.3, 0.4) is 0 Å². The van der Waals surface area contributed by atoms with Crippen LogP contribution < -0.4 is 5.32 Å². The van der Waals surface area contributed by atoms with Crippen LogP contribution in [0.4, 0.5) is 18.9 Å². The molecule has 1 aromatic heterocycles. The summed E-state index contributed by atoms with van der Waals surface area (Å²) in [7, 11) is 0. The first-order chi connectivity index (χ1) is 15.3. The van der Waals surface area contributed by atoms with Gasteiger partial charge >= 0.3 is 6.18 Å². The van der Waals surface area contributed by atoms with E-state index in [0.29, 0.717) is 5.92 Å². The fraction of sp³-hybridized carbons (Fsp3) is 0.333. The van der Waals surface area contributed by atoms with Gasteiger partial charge in [0.1, 0.15) is 5.03 Å². The van der Waals surface area contributed by atoms with E-state index in [1.165, 1.54) is 37.4 Å². The standard InChI is InChI=1S/C24H22ClF3N2OS/c25-19-10-9-18(24(26,27)28)13-21(19)29-22(31)14-32-23-17(11-15-5-1-2-6-15)12-16-7-3-4-8-20(16)30-23/h3-4,7-10,12-13,15H,1-2,5-6,11,14H2,(H,29,31). The third-order valence-corrected chi connectivity index (χ3v) is 7.02. The summed E-state index contributed by atoms with van der Waals surface area (Å²) in [6, 6.07) is 12.9. The quantitative estimate of drug-likeness (QED) is 0.376. The molecule has 3 nitrogen and oxygen atoms in total. The summed E-state index contributed by atoms with van der Waals surface area (Å²) in [6.07, 6.45) is 1.30. The first kappa shape index (κ1) is 22.9. The van der Waals surface area contributed by atoms with Gasteiger partial charge in [-0.2, -0.15) is 13.2 Å². The number of carbonyl (C=O) groups excluding carboxylic acids is 1. The van der Waals surface area contributed by atoms with Gasteiger partial charge in [-0.1, -0.05) is 67.2 Å². The van der Waals surface area contributed by atoms with Crippen LogP contribution in [0.1, 0.15) is 36.8 Å². The molecule has 0 spiro atoms. The van der Waals surface area contributed by atoms with Crippen LogP contribution >= 0.6 is 23.4 Å². The molecule has 3 aromatic rings. The Balaban J connectivity index is 1.50. The summed E-state index contributed by atoms with van der Waals surface area (Å²) >= 11 is 7.29. The second-order valence-corrected chi connectivity index (χ2v) is 9.40. The Kier molecular flexibility index (Phi) is 6.96. The lowest BCUT2D eigenvalue weighted by atomic mass is 9.98. The second-order valence-electron chi connectivity index (χ2n) is 8.03. The Bertz CT molecular complexity index is 1130. The summed E-state index contributed by atoms with van der Waals surface area (Å²) < 4.78 is 38.9. The van der Waals surface area contributed by atoms with Crippen molar-refractivity contribution in [3.05, 3.63) is 64.7 Å². The number of benzene rings is 2. The lowest BCUT2D eigenvalue weighted by Crippen LogP contribution is -2.16. The van der Waals surface area contributed by atoms with Gasteiger partial charge in [0.25, 0.3) is 0 Å². The monoisotopic (exact) mass is 478 g/mol. The van der Waals surface area contributed by atoms with Gasteiger partial charge in [0.05, 0.1) is 27.5 Å². The first-order valence-electron chi connectivity index (χ1n) is 10.5. The second kappa shape index (κ2) is 9.71. The number of carbonyl (C=O) groups is 1. The summed E-state index contributed by atoms with van der Waals surface area (Å²) in [5.74, 6) is 0.211. The van der Waals surface area contributed by atoms with Gasteiger partial charge in [0.15, 0.2) is 0 Å². The lowest BCUT2D eigenvalue weighted by Gasteiger charge is -2.15. The number of halogens is 4. The highest BCUT2D eigenvalue weighted by atomic mass is 35.5. The van der Waals surface area contributed by atoms with Crippen molar-refractivity contribution in [2.45, 2.75) is 43.3 Å². The minimum absolute atomic E-state index is 0.0234. The van der Waals surface area contributed by atoms with Crippen molar-refractivity contribution >= 4 is 45.9 Å². The van der Waals surface area contributed by atoms with Crippen LogP contribution in [0.2, 0.25) is 5.02 Å². The summed E-state index contributed by atoms with van der Waals surface area (Å²) in [6.45, 7) is 0. The molecule has 1 fully saturated rings. The van der Waals surface area contributed by atoms with Crippen LogP contribution in [-0.2, 0) is 17.4 Å². The minimum Gasteiger partial charge on any atom is -0.324 e. The Morgan fingerprint density at radius 3 is 2.62 bits per heavy atom. The zero-order valence-corrected chi connectivity index (χ0v) is 18.8. The van der Waals surface area contributed by atoms with Crippen LogP contribution in [0.15, 0.2) is 53.6 Å². The third-order valence-electron chi connectivity index (χ3n) is 5.65. The van der Waals surface area contributed by atoms with Gasteiger partial charge in [-0.25, -0.2) is 4.98 Å². The third kappa shape index (κ3) is 5.56. The number of pyridine rings is 1. The van der Waals surface area contributed by atoms with Crippen LogP contribution in [-0.4, -0.2) is 16.6 Å². The molecule has 1 N–H and O–H groups in total. The number of nitrogens with zero attached hydrogens (tertiary/aromatic N) is 1. The number of aromatic nitrogens is 1. The number of anilines is 1. The van der Waals surface area contributed by atoms with E-state index in [0.717, 1.165) is 46.1 Å². The van der Waals surface area contributed by atoms with E-state index in [-0.39, 0.29) is 16.5 Å². The Morgan fingerprint density at radius 2 is 1.88 bits per heavy atom. The normalized spacial score (nSPS) is 14.8. The molecule has 32 heavy (non-hydrogen) atoms. The number of rotatable bonds is 6. The minimum atomic E-state index is -4.51. The van der Waals surface area contributed by atoms with E-state index < -0.39 is 17.6 Å². The van der Waals surface area contributed by atoms with E-state index in [1.54, 1.807) is 0 Å². The maximum Gasteiger partial charge on any atom is 0.416 e. The average Bonchev–Trinajstić information content (AvgIpc) is 3.26. The summed E-state index contributed by atoms with van der Waals surface area (Å²) in [5, 5.41) is 4.41. The van der Waals surface area contributed by atoms with Crippen molar-refractivity contribution < 1.29 is 18.0 Å². The van der Waals surface area contributed by atoms with Gasteiger partial charge in [-0.3, -0.25) is 4.79 Å². The number of thioether (sulfide) groups is 1. The van der Waals surface area contributed by atoms with Crippen LogP contribution in [0, 0.1) is 5.92 Å². The van der Waals surface area contributed by atoms with E-state index >= 15 is 0 Å². The lowest BCUT2D eigenvalue weighted by molar-refractivity contribution is -0.137. The number of nitrogens with one attached hydrogen (secondary N) is 1. The molecule has 1 aliphatic carbocycles. The van der Waals surface area contributed by atoms with Gasteiger partial charge in [-0.05, 0) is 48.2 Å². The molecule has 0 bridgehead atoms. The number of alkyl halides is 3. The predicted octanol–water partition coefficient (Wildman–Crippen LogP) is 7.37. The van der Waals surface area contributed by atoms with Crippen LogP contribution in [0.25, 0.3) is 10.9 Å². The van der Waals surface area contributed by atoms with E-state index in [4.69, 9.17) is 16.6 Å². The number of para-hydroxylation sites is 1. The highest BCUT2D eigenvalue weighted by molar-refractivity contribution is 8.00. The summed E-state index contributed by atoms with van der Waals surface area (Å²) in [5.41, 5.74) is 1.06. The number of hydrogen-bond acceptors (Lipinski definition) is 3. The molecule has 0 atom stereocenters. The number of fused-ring (bicyclic) bond motifs is 1. The molecule has 168 valence electrons. The van der Waals surface area contributed by atoms with E-state index in [9.17, 15) is 18.0 Å². The Hall–Kier alpha value is -2.25. The Morgan fingerprint density at radius 1 is 1.12 bits per heavy atom. The highest BCUT2D eigenvalue weighted by Crippen LogP contribution is 2.35. The SMILES string of the molecule is O=C(CSc1nc2ccccc2cc1CC1CCCC1)Nc1cc(C(F)(F)F)ccc1Cl. The molecule has 0 aliphatic heterocycles. The zero-order valence-electron chi connectivity index (χ0n) is 17.2. The van der Waals surface area contributed by atoms with Crippen molar-refractivity contribution in [1.82, 2.24) is 4.98 Å². The predicted molar refractivity (Wildman–Crippen MR) is 123 cm³/mol. The molecule has 1 amide bonds. The van der Waals surface area contributed by atoms with E-state index in [2.05, 4.69) is 11.4 Å². The number of hydrogen-bond donors (Lipinski definition) is 1. The molecule has 1 aliphatic rings. The van der Waals surface area contributed by atoms with Crippen molar-refractivity contribution in [2.75, 3.05) is 11.1 Å². The largest absolute Gasteiger partial charge is 0.416 e. The first-order valence-corrected chi connectivity index (χ1v) is 11.8. The van der Waals surface area contributed by atoms with Gasteiger partial charge in [0, 0.05) is 5.39 Å². The fourth-order valence-corrected chi connectivity index (χ4v) is 5.05. The Labute approximate surface area is 193 Å². The molecule has 4 rings (SSSR count). The van der Waals surface area contributed by atoms with Gasteiger partial charge in [-0.15, -0.1) is 0 Å². The smallest absolute Gasteiger partial charge is 0.324 e. The molecule has 1 saturated carbocycles. The van der Waals surface area contributed by atoms with E-state index in [1.807, 2.05) is 24.3 Å². The zero-order chi connectivity index (χ0) is 22.7. The molecular weight excluding hydrogens is 457 g/mol. The van der Waals surface area contributed by atoms with Crippen molar-refractivity contribution in [2.24, 2.45) is 5.92 Å². The molecule has 2 aromatic carbocycles. The highest BCUT2D eigenvalue weighted by Gasteiger charge is 2.31. The maximum atomic E-state index is 13.0. The average molecular weight is 479 g/mol. The van der Waals surface area contributed by atoms with Gasteiger partial charge in [0.2, 0.25) is 5.91 Å². The molecule has 8 heteroatoms. The van der Waals surface area contributed by atoms with Crippen molar-refractivity contribution in [3.8, 4) is 0 Å². The molecule has 1 heterocycles. The fourth-order valence-electron chi connectivity index (χ4n) is 4.06. The molecule has 0 radical (unpaired) electrons. The maximum absolute atomic E-state index is 13.0. The molecule has 0 unspecified atom stereocenters.